The minimum absolute atomic E-state index is 0.296. The molecule has 1 rings (SSSR count). The van der Waals surface area contributed by atoms with E-state index in [-0.39, 0.29) is 12.2 Å². The quantitative estimate of drug-likeness (QED) is 0.395. The molecule has 0 aromatic rings. The Hall–Kier alpha value is -1.06. The van der Waals surface area contributed by atoms with Gasteiger partial charge in [0.05, 0.1) is 0 Å². The summed E-state index contributed by atoms with van der Waals surface area (Å²) in [7, 11) is 0. The summed E-state index contributed by atoms with van der Waals surface area (Å²) in [5.74, 6) is -0.337. The number of amides is 1. The molecule has 0 aliphatic carbocycles. The molecule has 0 N–H and O–H groups in total. The van der Waals surface area contributed by atoms with E-state index in [1.807, 2.05) is 0 Å². The highest BCUT2D eigenvalue weighted by Crippen LogP contribution is 2.15. The summed E-state index contributed by atoms with van der Waals surface area (Å²) in [5, 5.41) is 0. The molecule has 1 atom stereocenters. The van der Waals surface area contributed by atoms with Crippen molar-refractivity contribution in [2.24, 2.45) is 0 Å². The summed E-state index contributed by atoms with van der Waals surface area (Å²) in [5.41, 5.74) is 0. The highest BCUT2D eigenvalue weighted by molar-refractivity contribution is 5.66. The van der Waals surface area contributed by atoms with Crippen LogP contribution in [-0.2, 0) is 14.3 Å². The lowest BCUT2D eigenvalue weighted by molar-refractivity contribution is -0.171. The number of hydrogen-bond acceptors (Lipinski definition) is 3. The molecule has 1 unspecified atom stereocenters. The van der Waals surface area contributed by atoms with Gasteiger partial charge in [0.25, 0.3) is 0 Å². The molecule has 1 aliphatic rings. The van der Waals surface area contributed by atoms with Crippen LogP contribution in [0.15, 0.2) is 0 Å². The third-order valence-corrected chi connectivity index (χ3v) is 1.44. The third-order valence-electron chi connectivity index (χ3n) is 1.44. The molecule has 0 aromatic heterocycles. The number of nitrogens with zero attached hydrogens (tertiary/aromatic N) is 1. The second-order valence-corrected chi connectivity index (χ2v) is 2.20. The molecule has 1 saturated heterocycles. The SMILES string of the molecule is CC(=O)OC1CCN1C=O. The summed E-state index contributed by atoms with van der Waals surface area (Å²) in [4.78, 5) is 21.9. The minimum Gasteiger partial charge on any atom is -0.442 e. The fourth-order valence-corrected chi connectivity index (χ4v) is 0.822. The van der Waals surface area contributed by atoms with Crippen LogP contribution in [0.5, 0.6) is 0 Å². The Morgan fingerprint density at radius 3 is 2.80 bits per heavy atom. The molecule has 1 heterocycles. The molecule has 0 spiro atoms. The molecule has 0 saturated carbocycles. The van der Waals surface area contributed by atoms with Gasteiger partial charge in [-0.15, -0.1) is 0 Å². The lowest BCUT2D eigenvalue weighted by Crippen LogP contribution is -2.48. The van der Waals surface area contributed by atoms with Crippen LogP contribution >= 0.6 is 0 Å². The van der Waals surface area contributed by atoms with Crippen molar-refractivity contribution in [3.8, 4) is 0 Å². The second-order valence-electron chi connectivity index (χ2n) is 2.20. The Labute approximate surface area is 58.8 Å². The van der Waals surface area contributed by atoms with Gasteiger partial charge >= 0.3 is 5.97 Å². The Morgan fingerprint density at radius 2 is 2.50 bits per heavy atom. The summed E-state index contributed by atoms with van der Waals surface area (Å²) >= 11 is 0. The topological polar surface area (TPSA) is 46.6 Å². The van der Waals surface area contributed by atoms with E-state index in [1.165, 1.54) is 11.8 Å². The average molecular weight is 143 g/mol. The molecule has 1 fully saturated rings. The van der Waals surface area contributed by atoms with Crippen molar-refractivity contribution in [2.75, 3.05) is 6.54 Å². The van der Waals surface area contributed by atoms with Crippen LogP contribution in [0.1, 0.15) is 13.3 Å². The highest BCUT2D eigenvalue weighted by Gasteiger charge is 2.28. The van der Waals surface area contributed by atoms with Crippen molar-refractivity contribution in [3.63, 3.8) is 0 Å². The van der Waals surface area contributed by atoms with Crippen LogP contribution in [0.3, 0.4) is 0 Å². The van der Waals surface area contributed by atoms with Gasteiger partial charge < -0.3 is 9.64 Å². The van der Waals surface area contributed by atoms with E-state index < -0.39 is 0 Å². The maximum Gasteiger partial charge on any atom is 0.304 e. The van der Waals surface area contributed by atoms with Crippen LogP contribution in [0.25, 0.3) is 0 Å². The van der Waals surface area contributed by atoms with Crippen molar-refractivity contribution in [1.82, 2.24) is 4.90 Å². The number of ether oxygens (including phenoxy) is 1. The summed E-state index contributed by atoms with van der Waals surface area (Å²) in [6, 6.07) is 0. The molecule has 4 nitrogen and oxygen atoms in total. The van der Waals surface area contributed by atoms with E-state index in [1.54, 1.807) is 0 Å². The van der Waals surface area contributed by atoms with E-state index in [0.29, 0.717) is 13.0 Å². The third kappa shape index (κ3) is 1.26. The molecule has 0 radical (unpaired) electrons. The molecule has 0 aromatic carbocycles. The lowest BCUT2D eigenvalue weighted by Gasteiger charge is -2.36. The normalized spacial score (nSPS) is 23.3. The van der Waals surface area contributed by atoms with Gasteiger partial charge in [0.2, 0.25) is 6.41 Å². The molecular formula is C6H9NO3. The molecule has 10 heavy (non-hydrogen) atoms. The van der Waals surface area contributed by atoms with Crippen LogP contribution in [-0.4, -0.2) is 30.1 Å². The Balaban J connectivity index is 2.29. The Kier molecular flexibility index (Phi) is 1.89. The van der Waals surface area contributed by atoms with Crippen LogP contribution in [0, 0.1) is 0 Å². The molecule has 56 valence electrons. The van der Waals surface area contributed by atoms with Crippen molar-refractivity contribution >= 4 is 12.4 Å². The van der Waals surface area contributed by atoms with E-state index in [9.17, 15) is 9.59 Å². The average Bonchev–Trinajstić information content (AvgIpc) is 1.82. The standard InChI is InChI=1S/C6H9NO3/c1-5(9)10-6-2-3-7(6)4-8/h4,6H,2-3H2,1H3. The number of likely N-dealkylation sites (tertiary alicyclic amines) is 1. The second kappa shape index (κ2) is 2.68. The van der Waals surface area contributed by atoms with Gasteiger partial charge in [-0.1, -0.05) is 0 Å². The summed E-state index contributed by atoms with van der Waals surface area (Å²) < 4.78 is 4.75. The zero-order valence-corrected chi connectivity index (χ0v) is 5.74. The zero-order valence-electron chi connectivity index (χ0n) is 5.74. The lowest BCUT2D eigenvalue weighted by atomic mass is 10.2. The van der Waals surface area contributed by atoms with E-state index in [2.05, 4.69) is 0 Å². The first kappa shape index (κ1) is 7.05. The van der Waals surface area contributed by atoms with Gasteiger partial charge in [-0.05, 0) is 0 Å². The predicted molar refractivity (Wildman–Crippen MR) is 32.9 cm³/mol. The van der Waals surface area contributed by atoms with Gasteiger partial charge in [-0.3, -0.25) is 9.59 Å². The predicted octanol–water partition coefficient (Wildman–Crippen LogP) is -0.262. The van der Waals surface area contributed by atoms with Crippen LogP contribution in [0.2, 0.25) is 0 Å². The number of carbonyl (C=O) groups is 2. The molecular weight excluding hydrogens is 134 g/mol. The first-order chi connectivity index (χ1) is 4.74. The van der Waals surface area contributed by atoms with Gasteiger partial charge in [-0.25, -0.2) is 0 Å². The Bertz CT molecular complexity index is 157. The first-order valence-corrected chi connectivity index (χ1v) is 3.12. The number of esters is 1. The number of hydrogen-bond donors (Lipinski definition) is 0. The van der Waals surface area contributed by atoms with Gasteiger partial charge in [0.1, 0.15) is 0 Å². The number of carbonyl (C=O) groups excluding carboxylic acids is 2. The largest absolute Gasteiger partial charge is 0.442 e. The molecule has 1 aliphatic heterocycles. The summed E-state index contributed by atoms with van der Waals surface area (Å²) in [6.07, 6.45) is 1.16. The van der Waals surface area contributed by atoms with Crippen molar-refractivity contribution in [1.29, 1.82) is 0 Å². The van der Waals surface area contributed by atoms with Crippen molar-refractivity contribution in [2.45, 2.75) is 19.6 Å². The maximum absolute atomic E-state index is 10.3. The van der Waals surface area contributed by atoms with Gasteiger partial charge in [0, 0.05) is 19.9 Å². The maximum atomic E-state index is 10.3. The van der Waals surface area contributed by atoms with E-state index in [0.717, 1.165) is 6.42 Å². The molecule has 1 amide bonds. The van der Waals surface area contributed by atoms with Gasteiger partial charge in [0.15, 0.2) is 6.23 Å². The highest BCUT2D eigenvalue weighted by atomic mass is 16.6. The molecule has 0 bridgehead atoms. The van der Waals surface area contributed by atoms with Crippen molar-refractivity contribution < 1.29 is 14.3 Å². The monoisotopic (exact) mass is 143 g/mol. The molecule has 4 heteroatoms. The summed E-state index contributed by atoms with van der Waals surface area (Å²) in [6.45, 7) is 2.03. The minimum atomic E-state index is -0.337. The zero-order chi connectivity index (χ0) is 7.56. The van der Waals surface area contributed by atoms with Crippen LogP contribution in [0.4, 0.5) is 0 Å². The van der Waals surface area contributed by atoms with Crippen LogP contribution < -0.4 is 0 Å². The fourth-order valence-electron chi connectivity index (χ4n) is 0.822. The van der Waals surface area contributed by atoms with Gasteiger partial charge in [-0.2, -0.15) is 0 Å². The first-order valence-electron chi connectivity index (χ1n) is 3.12. The fraction of sp³-hybridized carbons (Fsp3) is 0.667. The Morgan fingerprint density at radius 1 is 1.80 bits per heavy atom. The van der Waals surface area contributed by atoms with E-state index >= 15 is 0 Å². The smallest absolute Gasteiger partial charge is 0.304 e. The van der Waals surface area contributed by atoms with E-state index in [4.69, 9.17) is 4.74 Å². The van der Waals surface area contributed by atoms with Crippen molar-refractivity contribution in [3.05, 3.63) is 0 Å². The number of rotatable bonds is 2.